The van der Waals surface area contributed by atoms with Crippen LogP contribution in [0.4, 0.5) is 8.78 Å². The highest BCUT2D eigenvalue weighted by Gasteiger charge is 2.16. The number of halogens is 4. The first-order valence-corrected chi connectivity index (χ1v) is 8.57. The average molecular weight is 428 g/mol. The second-order valence-electron chi connectivity index (χ2n) is 5.50. The Balaban J connectivity index is 0.00000288. The molecule has 1 heterocycles. The second kappa shape index (κ2) is 10.8. The smallest absolute Gasteiger partial charge is 0.387 e. The minimum absolute atomic E-state index is 0. The molecule has 4 nitrogen and oxygen atoms in total. The summed E-state index contributed by atoms with van der Waals surface area (Å²) in [6, 6.07) is 4.94. The fourth-order valence-electron chi connectivity index (χ4n) is 2.61. The third-order valence-corrected chi connectivity index (χ3v) is 4.28. The van der Waals surface area contributed by atoms with Crippen molar-refractivity contribution in [3.63, 3.8) is 0 Å². The highest BCUT2D eigenvalue weighted by atomic mass is 79.9. The number of carbonyl (C=O) groups is 1. The Kier molecular flexibility index (Phi) is 9.54. The van der Waals surface area contributed by atoms with Gasteiger partial charge in [0.25, 0.3) is 0 Å². The van der Waals surface area contributed by atoms with E-state index in [-0.39, 0.29) is 24.1 Å². The number of hydrogen-bond donors (Lipinski definition) is 1. The van der Waals surface area contributed by atoms with Crippen LogP contribution in [0.15, 0.2) is 22.7 Å². The Bertz CT molecular complexity index is 535. The number of benzene rings is 1. The van der Waals surface area contributed by atoms with Gasteiger partial charge in [0.2, 0.25) is 5.91 Å². The zero-order valence-corrected chi connectivity index (χ0v) is 15.7. The lowest BCUT2D eigenvalue weighted by atomic mass is 10.2. The molecule has 0 spiro atoms. The third-order valence-electron chi connectivity index (χ3n) is 3.78. The Morgan fingerprint density at radius 3 is 2.83 bits per heavy atom. The lowest BCUT2D eigenvalue weighted by Gasteiger charge is -2.21. The van der Waals surface area contributed by atoms with Gasteiger partial charge in [-0.15, -0.1) is 12.4 Å². The molecule has 0 saturated carbocycles. The van der Waals surface area contributed by atoms with Crippen LogP contribution in [-0.4, -0.2) is 37.1 Å². The standard InChI is InChI=1S/C16H21BrF2N2O2.ClH/c17-13-5-6-14(23-16(18)19)12(10-13)11-20-7-9-21-8-3-1-2-4-15(21)22;/h5-6,10,16,20H,1-4,7-9,11H2;1H. The van der Waals surface area contributed by atoms with E-state index >= 15 is 0 Å². The Morgan fingerprint density at radius 2 is 2.08 bits per heavy atom. The van der Waals surface area contributed by atoms with Crippen molar-refractivity contribution in [2.75, 3.05) is 19.6 Å². The fourth-order valence-corrected chi connectivity index (χ4v) is 3.02. The summed E-state index contributed by atoms with van der Waals surface area (Å²) in [6.45, 7) is -0.380. The molecule has 1 aliphatic heterocycles. The van der Waals surface area contributed by atoms with Crippen molar-refractivity contribution < 1.29 is 18.3 Å². The number of carbonyl (C=O) groups excluding carboxylic acids is 1. The van der Waals surface area contributed by atoms with E-state index in [0.717, 1.165) is 30.3 Å². The topological polar surface area (TPSA) is 41.6 Å². The molecule has 8 heteroatoms. The van der Waals surface area contributed by atoms with Crippen molar-refractivity contribution in [2.24, 2.45) is 0 Å². The summed E-state index contributed by atoms with van der Waals surface area (Å²) in [5.74, 6) is 0.370. The Hall–Kier alpha value is -0.920. The molecule has 2 rings (SSSR count). The number of likely N-dealkylation sites (tertiary alicyclic amines) is 1. The van der Waals surface area contributed by atoms with E-state index < -0.39 is 6.61 Å². The van der Waals surface area contributed by atoms with E-state index in [1.54, 1.807) is 12.1 Å². The molecule has 1 fully saturated rings. The van der Waals surface area contributed by atoms with Gasteiger partial charge < -0.3 is 15.0 Å². The van der Waals surface area contributed by atoms with Crippen LogP contribution in [-0.2, 0) is 11.3 Å². The normalized spacial score (nSPS) is 15.2. The lowest BCUT2D eigenvalue weighted by Crippen LogP contribution is -2.36. The molecule has 1 aliphatic rings. The number of alkyl halides is 2. The molecule has 136 valence electrons. The van der Waals surface area contributed by atoms with E-state index in [2.05, 4.69) is 26.0 Å². The summed E-state index contributed by atoms with van der Waals surface area (Å²) in [5, 5.41) is 3.19. The summed E-state index contributed by atoms with van der Waals surface area (Å²) in [7, 11) is 0. The summed E-state index contributed by atoms with van der Waals surface area (Å²) < 4.78 is 30.2. The molecule has 0 aromatic heterocycles. The quantitative estimate of drug-likeness (QED) is 0.670. The molecule has 0 unspecified atom stereocenters. The molecule has 1 aromatic carbocycles. The van der Waals surface area contributed by atoms with Gasteiger partial charge in [0, 0.05) is 42.6 Å². The summed E-state index contributed by atoms with van der Waals surface area (Å²) in [6.07, 6.45) is 3.74. The van der Waals surface area contributed by atoms with Crippen molar-refractivity contribution in [1.29, 1.82) is 0 Å². The Labute approximate surface area is 155 Å². The minimum atomic E-state index is -2.84. The maximum absolute atomic E-state index is 12.4. The van der Waals surface area contributed by atoms with Gasteiger partial charge in [-0.05, 0) is 31.0 Å². The van der Waals surface area contributed by atoms with Gasteiger partial charge in [-0.2, -0.15) is 8.78 Å². The number of rotatable bonds is 7. The number of amides is 1. The fraction of sp³-hybridized carbons (Fsp3) is 0.562. The zero-order chi connectivity index (χ0) is 16.7. The highest BCUT2D eigenvalue weighted by molar-refractivity contribution is 9.10. The molecule has 1 amide bonds. The lowest BCUT2D eigenvalue weighted by molar-refractivity contribution is -0.130. The molecule has 1 aromatic rings. The third kappa shape index (κ3) is 6.91. The molecular formula is C16H22BrClF2N2O2. The van der Waals surface area contributed by atoms with Crippen LogP contribution in [0, 0.1) is 0 Å². The van der Waals surface area contributed by atoms with Crippen LogP contribution in [0.1, 0.15) is 31.2 Å². The van der Waals surface area contributed by atoms with Gasteiger partial charge in [-0.3, -0.25) is 4.79 Å². The first-order chi connectivity index (χ1) is 11.1. The van der Waals surface area contributed by atoms with Gasteiger partial charge in [-0.1, -0.05) is 22.4 Å². The van der Waals surface area contributed by atoms with Crippen LogP contribution in [0.5, 0.6) is 5.75 Å². The van der Waals surface area contributed by atoms with Crippen molar-refractivity contribution in [3.8, 4) is 5.75 Å². The van der Waals surface area contributed by atoms with Gasteiger partial charge in [0.05, 0.1) is 0 Å². The molecule has 0 radical (unpaired) electrons. The highest BCUT2D eigenvalue weighted by Crippen LogP contribution is 2.24. The second-order valence-corrected chi connectivity index (χ2v) is 6.41. The van der Waals surface area contributed by atoms with Gasteiger partial charge in [-0.25, -0.2) is 0 Å². The van der Waals surface area contributed by atoms with Gasteiger partial charge in [0.15, 0.2) is 0 Å². The predicted molar refractivity (Wildman–Crippen MR) is 94.8 cm³/mol. The monoisotopic (exact) mass is 426 g/mol. The predicted octanol–water partition coefficient (Wildman–Crippen LogP) is 3.96. The molecule has 1 saturated heterocycles. The van der Waals surface area contributed by atoms with E-state index in [1.807, 2.05) is 4.90 Å². The molecule has 0 aliphatic carbocycles. The average Bonchev–Trinajstić information content (AvgIpc) is 2.70. The molecule has 0 atom stereocenters. The zero-order valence-electron chi connectivity index (χ0n) is 13.3. The van der Waals surface area contributed by atoms with Crippen LogP contribution in [0.25, 0.3) is 0 Å². The number of nitrogens with one attached hydrogen (secondary N) is 1. The van der Waals surface area contributed by atoms with Crippen LogP contribution >= 0.6 is 28.3 Å². The maximum atomic E-state index is 12.4. The van der Waals surface area contributed by atoms with E-state index in [1.165, 1.54) is 6.07 Å². The van der Waals surface area contributed by atoms with E-state index in [0.29, 0.717) is 31.6 Å². The van der Waals surface area contributed by atoms with Gasteiger partial charge >= 0.3 is 6.61 Å². The number of hydrogen-bond acceptors (Lipinski definition) is 3. The van der Waals surface area contributed by atoms with Crippen molar-refractivity contribution >= 4 is 34.2 Å². The first kappa shape index (κ1) is 21.1. The molecule has 1 N–H and O–H groups in total. The largest absolute Gasteiger partial charge is 0.434 e. The number of nitrogens with zero attached hydrogens (tertiary/aromatic N) is 1. The Morgan fingerprint density at radius 1 is 1.29 bits per heavy atom. The number of ether oxygens (including phenoxy) is 1. The van der Waals surface area contributed by atoms with Crippen LogP contribution in [0.3, 0.4) is 0 Å². The summed E-state index contributed by atoms with van der Waals surface area (Å²) in [5.41, 5.74) is 0.655. The van der Waals surface area contributed by atoms with E-state index in [9.17, 15) is 13.6 Å². The van der Waals surface area contributed by atoms with Gasteiger partial charge in [0.1, 0.15) is 5.75 Å². The SMILES string of the molecule is Cl.O=C1CCCCCN1CCNCc1cc(Br)ccc1OC(F)F. The van der Waals surface area contributed by atoms with Crippen molar-refractivity contribution in [1.82, 2.24) is 10.2 Å². The van der Waals surface area contributed by atoms with Crippen LogP contribution in [0.2, 0.25) is 0 Å². The van der Waals surface area contributed by atoms with Crippen molar-refractivity contribution in [2.45, 2.75) is 38.8 Å². The summed E-state index contributed by atoms with van der Waals surface area (Å²) in [4.78, 5) is 13.8. The summed E-state index contributed by atoms with van der Waals surface area (Å²) >= 11 is 3.33. The molecular weight excluding hydrogens is 406 g/mol. The first-order valence-electron chi connectivity index (χ1n) is 7.78. The maximum Gasteiger partial charge on any atom is 0.387 e. The molecule has 0 bridgehead atoms. The molecule has 24 heavy (non-hydrogen) atoms. The minimum Gasteiger partial charge on any atom is -0.434 e. The van der Waals surface area contributed by atoms with Crippen molar-refractivity contribution in [3.05, 3.63) is 28.2 Å². The van der Waals surface area contributed by atoms with Crippen LogP contribution < -0.4 is 10.1 Å². The van der Waals surface area contributed by atoms with E-state index in [4.69, 9.17) is 0 Å².